The van der Waals surface area contributed by atoms with Gasteiger partial charge in [-0.3, -0.25) is 4.79 Å². The van der Waals surface area contributed by atoms with Crippen LogP contribution in [0.5, 0.6) is 0 Å². The Hall–Kier alpha value is -1.93. The number of aliphatic hydroxyl groups excluding tert-OH is 1. The van der Waals surface area contributed by atoms with E-state index >= 15 is 0 Å². The molecule has 0 bridgehead atoms. The van der Waals surface area contributed by atoms with Gasteiger partial charge in [-0.1, -0.05) is 62.4 Å². The zero-order chi connectivity index (χ0) is 14.1. The summed E-state index contributed by atoms with van der Waals surface area (Å²) in [5, 5.41) is 8.99. The summed E-state index contributed by atoms with van der Waals surface area (Å²) in [7, 11) is 0. The minimum atomic E-state index is 0.0546. The highest BCUT2D eigenvalue weighted by Crippen LogP contribution is 2.22. The van der Waals surface area contributed by atoms with Crippen LogP contribution in [0.2, 0.25) is 0 Å². The molecule has 0 heterocycles. The monoisotopic (exact) mass is 256 g/mol. The lowest BCUT2D eigenvalue weighted by Crippen LogP contribution is -1.97. The van der Waals surface area contributed by atoms with Crippen molar-refractivity contribution in [1.82, 2.24) is 0 Å². The predicted molar refractivity (Wildman–Crippen MR) is 79.4 cm³/mol. The molecule has 2 aromatic carbocycles. The Balaban J connectivity index is 0.000000861. The molecule has 2 nitrogen and oxygen atoms in total. The van der Waals surface area contributed by atoms with Gasteiger partial charge in [0, 0.05) is 12.2 Å². The summed E-state index contributed by atoms with van der Waals surface area (Å²) in [5.41, 5.74) is 3.73. The summed E-state index contributed by atoms with van der Waals surface area (Å²) in [6.45, 7) is 4.05. The number of carbonyl (C=O) groups excluding carboxylic acids is 1. The molecular formula is C17H20O2. The van der Waals surface area contributed by atoms with E-state index in [1.807, 2.05) is 56.3 Å². The second-order valence-electron chi connectivity index (χ2n) is 3.87. The highest BCUT2D eigenvalue weighted by atomic mass is 16.3. The molecule has 2 rings (SSSR count). The van der Waals surface area contributed by atoms with E-state index in [4.69, 9.17) is 5.11 Å². The summed E-state index contributed by atoms with van der Waals surface area (Å²) < 4.78 is 0. The minimum Gasteiger partial charge on any atom is -0.396 e. The summed E-state index contributed by atoms with van der Waals surface area (Å²) in [4.78, 5) is 10.9. The van der Waals surface area contributed by atoms with Crippen molar-refractivity contribution in [3.63, 3.8) is 0 Å². The van der Waals surface area contributed by atoms with Crippen LogP contribution in [0.15, 0.2) is 48.5 Å². The normalized spacial score (nSPS) is 9.42. The first-order valence-corrected chi connectivity index (χ1v) is 6.59. The molecule has 0 spiro atoms. The number of carbonyl (C=O) groups is 1. The lowest BCUT2D eigenvalue weighted by molar-refractivity contribution is 0.112. The van der Waals surface area contributed by atoms with Crippen molar-refractivity contribution in [2.75, 3.05) is 6.61 Å². The van der Waals surface area contributed by atoms with Crippen LogP contribution in [0.1, 0.15) is 29.8 Å². The standard InChI is InChI=1S/C15H14O2.C2H6/c16-9-8-14-10-13(6-7-15(14)11-17)12-4-2-1-3-5-12;1-2/h1-7,10-11,16H,8-9H2;1-2H3. The van der Waals surface area contributed by atoms with Crippen LogP contribution in [0.4, 0.5) is 0 Å². The lowest BCUT2D eigenvalue weighted by atomic mass is 9.98. The Labute approximate surface area is 114 Å². The Kier molecular flexibility index (Phi) is 6.55. The van der Waals surface area contributed by atoms with Crippen LogP contribution in [-0.2, 0) is 6.42 Å². The quantitative estimate of drug-likeness (QED) is 0.846. The van der Waals surface area contributed by atoms with Crippen LogP contribution >= 0.6 is 0 Å². The zero-order valence-corrected chi connectivity index (χ0v) is 11.5. The third-order valence-corrected chi connectivity index (χ3v) is 2.76. The van der Waals surface area contributed by atoms with Crippen molar-refractivity contribution in [2.24, 2.45) is 0 Å². The molecule has 0 radical (unpaired) electrons. The summed E-state index contributed by atoms with van der Waals surface area (Å²) >= 11 is 0. The van der Waals surface area contributed by atoms with Gasteiger partial charge in [0.25, 0.3) is 0 Å². The molecule has 0 amide bonds. The molecule has 0 aromatic heterocycles. The smallest absolute Gasteiger partial charge is 0.150 e. The maximum atomic E-state index is 10.9. The van der Waals surface area contributed by atoms with E-state index in [9.17, 15) is 4.79 Å². The van der Waals surface area contributed by atoms with E-state index in [0.29, 0.717) is 12.0 Å². The summed E-state index contributed by atoms with van der Waals surface area (Å²) in [5.74, 6) is 0. The molecule has 0 unspecified atom stereocenters. The summed E-state index contributed by atoms with van der Waals surface area (Å²) in [6, 6.07) is 15.7. The number of aldehydes is 1. The fourth-order valence-corrected chi connectivity index (χ4v) is 1.87. The number of hydrogen-bond acceptors (Lipinski definition) is 2. The highest BCUT2D eigenvalue weighted by Gasteiger charge is 2.04. The van der Waals surface area contributed by atoms with Crippen molar-refractivity contribution < 1.29 is 9.90 Å². The molecule has 0 fully saturated rings. The number of benzene rings is 2. The van der Waals surface area contributed by atoms with Gasteiger partial charge < -0.3 is 5.11 Å². The van der Waals surface area contributed by atoms with Crippen molar-refractivity contribution in [3.8, 4) is 11.1 Å². The van der Waals surface area contributed by atoms with Gasteiger partial charge in [0.05, 0.1) is 0 Å². The molecule has 2 heteroatoms. The average molecular weight is 256 g/mol. The van der Waals surface area contributed by atoms with E-state index in [2.05, 4.69) is 0 Å². The Morgan fingerprint density at radius 2 is 1.68 bits per heavy atom. The summed E-state index contributed by atoms with van der Waals surface area (Å²) in [6.07, 6.45) is 1.34. The zero-order valence-electron chi connectivity index (χ0n) is 11.5. The van der Waals surface area contributed by atoms with E-state index < -0.39 is 0 Å². The van der Waals surface area contributed by atoms with E-state index in [-0.39, 0.29) is 6.61 Å². The van der Waals surface area contributed by atoms with Crippen molar-refractivity contribution in [2.45, 2.75) is 20.3 Å². The van der Waals surface area contributed by atoms with Crippen LogP contribution < -0.4 is 0 Å². The van der Waals surface area contributed by atoms with E-state index in [0.717, 1.165) is 23.0 Å². The number of hydrogen-bond donors (Lipinski definition) is 1. The first kappa shape index (κ1) is 15.1. The Bertz CT molecular complexity index is 504. The molecule has 1 N–H and O–H groups in total. The van der Waals surface area contributed by atoms with Gasteiger partial charge >= 0.3 is 0 Å². The maximum Gasteiger partial charge on any atom is 0.150 e. The highest BCUT2D eigenvalue weighted by molar-refractivity contribution is 5.79. The molecule has 100 valence electrons. The molecule has 0 aliphatic carbocycles. The topological polar surface area (TPSA) is 37.3 Å². The van der Waals surface area contributed by atoms with Crippen LogP contribution in [0.3, 0.4) is 0 Å². The molecule has 0 aliphatic heterocycles. The van der Waals surface area contributed by atoms with Crippen LogP contribution in [0, 0.1) is 0 Å². The fourth-order valence-electron chi connectivity index (χ4n) is 1.87. The molecule has 2 aromatic rings. The second kappa shape index (κ2) is 8.22. The van der Waals surface area contributed by atoms with Gasteiger partial charge in [-0.2, -0.15) is 0 Å². The van der Waals surface area contributed by atoms with Gasteiger partial charge in [-0.25, -0.2) is 0 Å². The third-order valence-electron chi connectivity index (χ3n) is 2.76. The van der Waals surface area contributed by atoms with Crippen molar-refractivity contribution in [3.05, 3.63) is 59.7 Å². The predicted octanol–water partition coefficient (Wildman–Crippen LogP) is 3.73. The molecule has 0 aliphatic rings. The molecular weight excluding hydrogens is 236 g/mol. The van der Waals surface area contributed by atoms with Crippen molar-refractivity contribution >= 4 is 6.29 Å². The Morgan fingerprint density at radius 3 is 2.26 bits per heavy atom. The SMILES string of the molecule is CC.O=Cc1ccc(-c2ccccc2)cc1CCO. The van der Waals surface area contributed by atoms with Gasteiger partial charge in [-0.05, 0) is 23.1 Å². The minimum absolute atomic E-state index is 0.0546. The lowest BCUT2D eigenvalue weighted by Gasteiger charge is -2.07. The molecule has 0 saturated heterocycles. The average Bonchev–Trinajstić information content (AvgIpc) is 2.50. The molecule has 0 saturated carbocycles. The third kappa shape index (κ3) is 4.04. The van der Waals surface area contributed by atoms with Gasteiger partial charge in [0.1, 0.15) is 6.29 Å². The van der Waals surface area contributed by atoms with Crippen LogP contribution in [-0.4, -0.2) is 18.0 Å². The van der Waals surface area contributed by atoms with E-state index in [1.165, 1.54) is 0 Å². The number of aliphatic hydroxyl groups is 1. The Morgan fingerprint density at radius 1 is 1.00 bits per heavy atom. The largest absolute Gasteiger partial charge is 0.396 e. The second-order valence-corrected chi connectivity index (χ2v) is 3.87. The van der Waals surface area contributed by atoms with Crippen LogP contribution in [0.25, 0.3) is 11.1 Å². The molecule has 0 atom stereocenters. The van der Waals surface area contributed by atoms with Gasteiger partial charge in [0.15, 0.2) is 0 Å². The fraction of sp³-hybridized carbons (Fsp3) is 0.235. The first-order chi connectivity index (χ1) is 9.35. The molecule has 19 heavy (non-hydrogen) atoms. The van der Waals surface area contributed by atoms with Gasteiger partial charge in [0.2, 0.25) is 0 Å². The first-order valence-electron chi connectivity index (χ1n) is 6.59. The van der Waals surface area contributed by atoms with E-state index in [1.54, 1.807) is 6.07 Å². The van der Waals surface area contributed by atoms with Crippen molar-refractivity contribution in [1.29, 1.82) is 0 Å². The van der Waals surface area contributed by atoms with Gasteiger partial charge in [-0.15, -0.1) is 0 Å². The number of rotatable bonds is 4. The maximum absolute atomic E-state index is 10.9.